The number of hydrogen-bond donors (Lipinski definition) is 1. The highest BCUT2D eigenvalue weighted by molar-refractivity contribution is 9.10. The molecule has 0 aliphatic rings. The number of hydrogen-bond acceptors (Lipinski definition) is 4. The molecule has 0 spiro atoms. The van der Waals surface area contributed by atoms with Crippen LogP contribution in [0.1, 0.15) is 31.9 Å². The number of carbonyl (C=O) groups is 1. The predicted octanol–water partition coefficient (Wildman–Crippen LogP) is 4.33. The van der Waals surface area contributed by atoms with Crippen molar-refractivity contribution in [1.29, 1.82) is 0 Å². The van der Waals surface area contributed by atoms with Crippen molar-refractivity contribution in [2.45, 2.75) is 33.3 Å². The first-order valence-corrected chi connectivity index (χ1v) is 9.27. The quantitative estimate of drug-likeness (QED) is 0.512. The topological polar surface area (TPSA) is 59.9 Å². The van der Waals surface area contributed by atoms with Gasteiger partial charge in [0.2, 0.25) is 5.91 Å². The smallest absolute Gasteiger partial charge is 0.244 e. The molecule has 0 heterocycles. The van der Waals surface area contributed by atoms with Gasteiger partial charge in [0, 0.05) is 10.0 Å². The second kappa shape index (κ2) is 9.97. The molecule has 5 nitrogen and oxygen atoms in total. The van der Waals surface area contributed by atoms with Crippen molar-refractivity contribution in [3.05, 3.63) is 58.1 Å². The molecule has 2 aromatic carbocycles. The second-order valence-corrected chi connectivity index (χ2v) is 6.81. The van der Waals surface area contributed by atoms with Crippen molar-refractivity contribution < 1.29 is 14.3 Å². The van der Waals surface area contributed by atoms with Crippen molar-refractivity contribution in [3.8, 4) is 11.5 Å². The van der Waals surface area contributed by atoms with Crippen LogP contribution in [0.15, 0.2) is 52.0 Å². The Bertz CT molecular complexity index is 758. The van der Waals surface area contributed by atoms with Gasteiger partial charge in [-0.3, -0.25) is 4.79 Å². The average molecular weight is 419 g/mol. The molecule has 1 amide bonds. The lowest BCUT2D eigenvalue weighted by Crippen LogP contribution is -2.19. The number of nitrogens with one attached hydrogen (secondary N) is 1. The van der Waals surface area contributed by atoms with E-state index < -0.39 is 0 Å². The number of ether oxygens (including phenoxy) is 2. The maximum Gasteiger partial charge on any atom is 0.244 e. The van der Waals surface area contributed by atoms with E-state index in [1.807, 2.05) is 63.2 Å². The monoisotopic (exact) mass is 418 g/mol. The van der Waals surface area contributed by atoms with Crippen LogP contribution in [0.3, 0.4) is 0 Å². The number of nitrogens with zero attached hydrogens (tertiary/aromatic N) is 1. The van der Waals surface area contributed by atoms with Crippen molar-refractivity contribution in [2.24, 2.45) is 5.10 Å². The first kappa shape index (κ1) is 20.0. The zero-order valence-electron chi connectivity index (χ0n) is 15.2. The van der Waals surface area contributed by atoms with Gasteiger partial charge in [0.25, 0.3) is 0 Å². The fourth-order valence-electron chi connectivity index (χ4n) is 2.25. The fraction of sp³-hybridized carbons (Fsp3) is 0.300. The Kier molecular flexibility index (Phi) is 7.66. The maximum atomic E-state index is 12.0. The molecule has 0 aromatic heterocycles. The largest absolute Gasteiger partial charge is 0.494 e. The number of rotatable bonds is 8. The normalized spacial score (nSPS) is 11.0. The van der Waals surface area contributed by atoms with Crippen LogP contribution in [-0.4, -0.2) is 24.8 Å². The van der Waals surface area contributed by atoms with Crippen LogP contribution in [0.25, 0.3) is 0 Å². The van der Waals surface area contributed by atoms with Crippen molar-refractivity contribution in [2.75, 3.05) is 6.61 Å². The summed E-state index contributed by atoms with van der Waals surface area (Å²) < 4.78 is 12.0. The summed E-state index contributed by atoms with van der Waals surface area (Å²) in [5.41, 5.74) is 4.23. The molecule has 6 heteroatoms. The Hall–Kier alpha value is -2.34. The molecule has 1 N–H and O–H groups in total. The summed E-state index contributed by atoms with van der Waals surface area (Å²) in [7, 11) is 0. The van der Waals surface area contributed by atoms with E-state index in [1.54, 1.807) is 6.21 Å². The summed E-state index contributed by atoms with van der Waals surface area (Å²) in [5, 5.41) is 4.04. The van der Waals surface area contributed by atoms with Gasteiger partial charge in [-0.25, -0.2) is 5.43 Å². The van der Waals surface area contributed by atoms with Crippen LogP contribution in [0.4, 0.5) is 0 Å². The molecule has 26 heavy (non-hydrogen) atoms. The van der Waals surface area contributed by atoms with Gasteiger partial charge in [-0.1, -0.05) is 28.1 Å². The number of benzene rings is 2. The molecule has 138 valence electrons. The lowest BCUT2D eigenvalue weighted by atomic mass is 10.1. The summed E-state index contributed by atoms with van der Waals surface area (Å²) in [6, 6.07) is 13.1. The van der Waals surface area contributed by atoms with E-state index in [0.717, 1.165) is 21.3 Å². The highest BCUT2D eigenvalue weighted by Gasteiger charge is 2.06. The fourth-order valence-corrected chi connectivity index (χ4v) is 2.63. The minimum atomic E-state index is -0.188. The van der Waals surface area contributed by atoms with Gasteiger partial charge in [-0.15, -0.1) is 0 Å². The average Bonchev–Trinajstić information content (AvgIpc) is 2.59. The van der Waals surface area contributed by atoms with Gasteiger partial charge in [0.1, 0.15) is 11.5 Å². The molecule has 0 radical (unpaired) electrons. The third-order valence-electron chi connectivity index (χ3n) is 3.33. The molecule has 2 rings (SSSR count). The van der Waals surface area contributed by atoms with Crippen molar-refractivity contribution in [1.82, 2.24) is 5.43 Å². The highest BCUT2D eigenvalue weighted by Crippen LogP contribution is 2.22. The Morgan fingerprint density at radius 2 is 1.96 bits per heavy atom. The molecule has 0 fully saturated rings. The first-order chi connectivity index (χ1) is 12.5. The maximum absolute atomic E-state index is 12.0. The van der Waals surface area contributed by atoms with Gasteiger partial charge in [0.05, 0.1) is 25.3 Å². The van der Waals surface area contributed by atoms with Crippen LogP contribution < -0.4 is 14.9 Å². The summed E-state index contributed by atoms with van der Waals surface area (Å²) in [5.74, 6) is 1.32. The summed E-state index contributed by atoms with van der Waals surface area (Å²) in [6.07, 6.45) is 1.88. The van der Waals surface area contributed by atoms with E-state index in [4.69, 9.17) is 9.47 Å². The SMILES string of the molecule is CCOc1ccc(CC(=O)N/N=C\c2cc(Br)ccc2OC(C)C)cc1. The van der Waals surface area contributed by atoms with Crippen molar-refractivity contribution >= 4 is 28.1 Å². The third-order valence-corrected chi connectivity index (χ3v) is 3.82. The summed E-state index contributed by atoms with van der Waals surface area (Å²) >= 11 is 3.43. The Labute approximate surface area is 162 Å². The Morgan fingerprint density at radius 1 is 1.23 bits per heavy atom. The molecule has 0 saturated carbocycles. The molecule has 0 aliphatic heterocycles. The number of hydrazone groups is 1. The standard InChI is InChI=1S/C20H23BrN2O3/c1-4-25-18-8-5-15(6-9-18)11-20(24)23-22-13-16-12-17(21)7-10-19(16)26-14(2)3/h5-10,12-14H,4,11H2,1-3H3,(H,23,24)/b22-13-. The second-order valence-electron chi connectivity index (χ2n) is 5.90. The molecular formula is C20H23BrN2O3. The molecule has 2 aromatic rings. The minimum absolute atomic E-state index is 0.0533. The van der Waals surface area contributed by atoms with Crippen LogP contribution in [0, 0.1) is 0 Å². The van der Waals surface area contributed by atoms with E-state index in [0.29, 0.717) is 12.4 Å². The van der Waals surface area contributed by atoms with Crippen LogP contribution in [0.5, 0.6) is 11.5 Å². The van der Waals surface area contributed by atoms with E-state index >= 15 is 0 Å². The zero-order chi connectivity index (χ0) is 18.9. The van der Waals surface area contributed by atoms with Gasteiger partial charge < -0.3 is 9.47 Å². The summed E-state index contributed by atoms with van der Waals surface area (Å²) in [6.45, 7) is 6.47. The first-order valence-electron chi connectivity index (χ1n) is 8.47. The number of halogens is 1. The minimum Gasteiger partial charge on any atom is -0.494 e. The molecule has 0 unspecified atom stereocenters. The van der Waals surface area contributed by atoms with Crippen molar-refractivity contribution in [3.63, 3.8) is 0 Å². The van der Waals surface area contributed by atoms with Crippen LogP contribution in [-0.2, 0) is 11.2 Å². The van der Waals surface area contributed by atoms with E-state index in [2.05, 4.69) is 26.5 Å². The van der Waals surface area contributed by atoms with E-state index in [1.165, 1.54) is 0 Å². The molecule has 0 saturated heterocycles. The number of amides is 1. The molecule has 0 atom stereocenters. The Balaban J connectivity index is 1.95. The van der Waals surface area contributed by atoms with E-state index in [-0.39, 0.29) is 18.4 Å². The summed E-state index contributed by atoms with van der Waals surface area (Å²) in [4.78, 5) is 12.0. The highest BCUT2D eigenvalue weighted by atomic mass is 79.9. The Morgan fingerprint density at radius 3 is 2.62 bits per heavy atom. The molecular weight excluding hydrogens is 396 g/mol. The van der Waals surface area contributed by atoms with E-state index in [9.17, 15) is 4.79 Å². The van der Waals surface area contributed by atoms with Gasteiger partial charge in [0.15, 0.2) is 0 Å². The molecule has 0 bridgehead atoms. The van der Waals surface area contributed by atoms with Crippen LogP contribution >= 0.6 is 15.9 Å². The van der Waals surface area contributed by atoms with Gasteiger partial charge >= 0.3 is 0 Å². The lowest BCUT2D eigenvalue weighted by Gasteiger charge is -2.12. The van der Waals surface area contributed by atoms with Gasteiger partial charge in [-0.2, -0.15) is 5.10 Å². The predicted molar refractivity (Wildman–Crippen MR) is 107 cm³/mol. The molecule has 0 aliphatic carbocycles. The third kappa shape index (κ3) is 6.52. The zero-order valence-corrected chi connectivity index (χ0v) is 16.7. The van der Waals surface area contributed by atoms with Crippen LogP contribution in [0.2, 0.25) is 0 Å². The lowest BCUT2D eigenvalue weighted by molar-refractivity contribution is -0.120. The van der Waals surface area contributed by atoms with Gasteiger partial charge in [-0.05, 0) is 56.7 Å². The number of carbonyl (C=O) groups excluding carboxylic acids is 1.